The average molecular weight is 238 g/mol. The van der Waals surface area contributed by atoms with Crippen molar-refractivity contribution in [2.24, 2.45) is 5.73 Å². The standard InChI is InChI=1S/C12H18N2O3/c1-4-12(2,13)11(16)14-9-7-8(17-3)5-6-10(9)15/h5-7,15H,4,13H2,1-3H3,(H,14,16). The number of carbonyl (C=O) groups excluding carboxylic acids is 1. The largest absolute Gasteiger partial charge is 0.506 e. The van der Waals surface area contributed by atoms with Crippen LogP contribution in [0.2, 0.25) is 0 Å². The second-order valence-electron chi connectivity index (χ2n) is 4.11. The number of ether oxygens (including phenoxy) is 1. The van der Waals surface area contributed by atoms with Crippen molar-refractivity contribution < 1.29 is 14.6 Å². The smallest absolute Gasteiger partial charge is 0.244 e. The molecule has 17 heavy (non-hydrogen) atoms. The summed E-state index contributed by atoms with van der Waals surface area (Å²) in [6, 6.07) is 4.60. The minimum atomic E-state index is -0.963. The van der Waals surface area contributed by atoms with Gasteiger partial charge in [0.15, 0.2) is 0 Å². The maximum absolute atomic E-state index is 11.8. The Hall–Kier alpha value is -1.75. The van der Waals surface area contributed by atoms with Crippen LogP contribution >= 0.6 is 0 Å². The number of hydrogen-bond donors (Lipinski definition) is 3. The van der Waals surface area contributed by atoms with Crippen molar-refractivity contribution in [1.29, 1.82) is 0 Å². The zero-order valence-corrected chi connectivity index (χ0v) is 10.3. The highest BCUT2D eigenvalue weighted by atomic mass is 16.5. The zero-order valence-electron chi connectivity index (χ0n) is 10.3. The fourth-order valence-electron chi connectivity index (χ4n) is 1.17. The van der Waals surface area contributed by atoms with Crippen molar-refractivity contribution in [3.05, 3.63) is 18.2 Å². The number of benzene rings is 1. The minimum Gasteiger partial charge on any atom is -0.506 e. The fraction of sp³-hybridized carbons (Fsp3) is 0.417. The number of methoxy groups -OCH3 is 1. The number of nitrogens with one attached hydrogen (secondary N) is 1. The third-order valence-corrected chi connectivity index (χ3v) is 2.71. The summed E-state index contributed by atoms with van der Waals surface area (Å²) in [6.45, 7) is 3.46. The van der Waals surface area contributed by atoms with Crippen LogP contribution in [0.3, 0.4) is 0 Å². The van der Waals surface area contributed by atoms with E-state index in [-0.39, 0.29) is 11.7 Å². The third-order valence-electron chi connectivity index (χ3n) is 2.71. The Bertz CT molecular complexity index is 416. The van der Waals surface area contributed by atoms with Gasteiger partial charge in [-0.2, -0.15) is 0 Å². The Morgan fingerprint density at radius 1 is 1.59 bits per heavy atom. The van der Waals surface area contributed by atoms with Gasteiger partial charge in [-0.25, -0.2) is 0 Å². The van der Waals surface area contributed by atoms with Gasteiger partial charge >= 0.3 is 0 Å². The molecular weight excluding hydrogens is 220 g/mol. The van der Waals surface area contributed by atoms with Gasteiger partial charge in [-0.3, -0.25) is 4.79 Å². The van der Waals surface area contributed by atoms with E-state index in [1.807, 2.05) is 6.92 Å². The number of anilines is 1. The summed E-state index contributed by atoms with van der Waals surface area (Å²) in [7, 11) is 1.51. The summed E-state index contributed by atoms with van der Waals surface area (Å²) in [5.74, 6) is 0.183. The second-order valence-corrected chi connectivity index (χ2v) is 4.11. The molecule has 1 aromatic carbocycles. The van der Waals surface area contributed by atoms with Gasteiger partial charge in [-0.05, 0) is 25.5 Å². The lowest BCUT2D eigenvalue weighted by Gasteiger charge is -2.21. The lowest BCUT2D eigenvalue weighted by molar-refractivity contribution is -0.120. The molecule has 0 bridgehead atoms. The highest BCUT2D eigenvalue weighted by Crippen LogP contribution is 2.28. The first kappa shape index (κ1) is 13.3. The summed E-state index contributed by atoms with van der Waals surface area (Å²) >= 11 is 0. The summed E-state index contributed by atoms with van der Waals surface area (Å²) in [4.78, 5) is 11.8. The molecule has 5 heteroatoms. The molecule has 1 aromatic rings. The first-order chi connectivity index (χ1) is 7.90. The molecule has 0 spiro atoms. The molecule has 1 rings (SSSR count). The molecule has 0 aromatic heterocycles. The van der Waals surface area contributed by atoms with Gasteiger partial charge in [0.1, 0.15) is 11.5 Å². The lowest BCUT2D eigenvalue weighted by atomic mass is 9.99. The summed E-state index contributed by atoms with van der Waals surface area (Å²) in [6.07, 6.45) is 0.504. The molecule has 1 unspecified atom stereocenters. The number of phenolic OH excluding ortho intramolecular Hbond substituents is 1. The number of nitrogens with two attached hydrogens (primary N) is 1. The van der Waals surface area contributed by atoms with E-state index in [9.17, 15) is 9.90 Å². The molecule has 0 fully saturated rings. The number of hydrogen-bond acceptors (Lipinski definition) is 4. The summed E-state index contributed by atoms with van der Waals surface area (Å²) in [5, 5.41) is 12.2. The third kappa shape index (κ3) is 3.10. The maximum atomic E-state index is 11.8. The fourth-order valence-corrected chi connectivity index (χ4v) is 1.17. The molecule has 5 nitrogen and oxygen atoms in total. The van der Waals surface area contributed by atoms with Gasteiger partial charge in [-0.1, -0.05) is 6.92 Å². The van der Waals surface area contributed by atoms with Crippen LogP contribution in [-0.2, 0) is 4.79 Å². The van der Waals surface area contributed by atoms with Crippen molar-refractivity contribution >= 4 is 11.6 Å². The Morgan fingerprint density at radius 3 is 2.76 bits per heavy atom. The van der Waals surface area contributed by atoms with E-state index in [2.05, 4.69) is 5.32 Å². The van der Waals surface area contributed by atoms with Crippen molar-refractivity contribution in [2.75, 3.05) is 12.4 Å². The number of rotatable bonds is 4. The molecule has 0 heterocycles. The first-order valence-corrected chi connectivity index (χ1v) is 5.38. The molecule has 0 saturated heterocycles. The van der Waals surface area contributed by atoms with E-state index in [1.165, 1.54) is 13.2 Å². The Morgan fingerprint density at radius 2 is 2.24 bits per heavy atom. The van der Waals surface area contributed by atoms with Gasteiger partial charge in [0.25, 0.3) is 0 Å². The van der Waals surface area contributed by atoms with E-state index in [1.54, 1.807) is 19.1 Å². The Labute approximate surface area is 101 Å². The van der Waals surface area contributed by atoms with Crippen LogP contribution in [0.15, 0.2) is 18.2 Å². The van der Waals surface area contributed by atoms with Crippen LogP contribution in [0.5, 0.6) is 11.5 Å². The molecule has 0 saturated carbocycles. The molecular formula is C12H18N2O3. The Kier molecular flexibility index (Phi) is 3.96. The molecule has 1 amide bonds. The molecule has 0 aliphatic rings. The maximum Gasteiger partial charge on any atom is 0.244 e. The van der Waals surface area contributed by atoms with Crippen LogP contribution in [-0.4, -0.2) is 23.7 Å². The Balaban J connectivity index is 2.91. The van der Waals surface area contributed by atoms with Gasteiger partial charge < -0.3 is 20.9 Å². The number of phenols is 1. The molecule has 94 valence electrons. The van der Waals surface area contributed by atoms with E-state index in [0.29, 0.717) is 17.9 Å². The predicted octanol–water partition coefficient (Wildman–Crippen LogP) is 1.47. The van der Waals surface area contributed by atoms with Crippen molar-refractivity contribution in [1.82, 2.24) is 0 Å². The van der Waals surface area contributed by atoms with Crippen LogP contribution in [0.4, 0.5) is 5.69 Å². The first-order valence-electron chi connectivity index (χ1n) is 5.38. The predicted molar refractivity (Wildman–Crippen MR) is 66.2 cm³/mol. The second kappa shape index (κ2) is 5.05. The van der Waals surface area contributed by atoms with Gasteiger partial charge in [0, 0.05) is 6.07 Å². The van der Waals surface area contributed by atoms with E-state index >= 15 is 0 Å². The molecule has 0 radical (unpaired) electrons. The quantitative estimate of drug-likeness (QED) is 0.693. The molecule has 0 aliphatic heterocycles. The topological polar surface area (TPSA) is 84.6 Å². The minimum absolute atomic E-state index is 0.0222. The number of amides is 1. The molecule has 4 N–H and O–H groups in total. The van der Waals surface area contributed by atoms with Gasteiger partial charge in [-0.15, -0.1) is 0 Å². The van der Waals surface area contributed by atoms with Gasteiger partial charge in [0.2, 0.25) is 5.91 Å². The SMILES string of the molecule is CCC(C)(N)C(=O)Nc1cc(OC)ccc1O. The highest BCUT2D eigenvalue weighted by Gasteiger charge is 2.26. The van der Waals surface area contributed by atoms with Crippen LogP contribution in [0, 0.1) is 0 Å². The molecule has 0 aliphatic carbocycles. The van der Waals surface area contributed by atoms with E-state index in [4.69, 9.17) is 10.5 Å². The van der Waals surface area contributed by atoms with E-state index < -0.39 is 5.54 Å². The normalized spacial score (nSPS) is 13.9. The summed E-state index contributed by atoms with van der Waals surface area (Å²) in [5.41, 5.74) is 5.13. The van der Waals surface area contributed by atoms with Crippen LogP contribution in [0.25, 0.3) is 0 Å². The van der Waals surface area contributed by atoms with Crippen molar-refractivity contribution in [3.63, 3.8) is 0 Å². The van der Waals surface area contributed by atoms with Crippen LogP contribution < -0.4 is 15.8 Å². The van der Waals surface area contributed by atoms with Crippen molar-refractivity contribution in [2.45, 2.75) is 25.8 Å². The molecule has 1 atom stereocenters. The number of aromatic hydroxyl groups is 1. The van der Waals surface area contributed by atoms with E-state index in [0.717, 1.165) is 0 Å². The highest BCUT2D eigenvalue weighted by molar-refractivity contribution is 5.98. The monoisotopic (exact) mass is 238 g/mol. The van der Waals surface area contributed by atoms with Gasteiger partial charge in [0.05, 0.1) is 18.3 Å². The van der Waals surface area contributed by atoms with Crippen molar-refractivity contribution in [3.8, 4) is 11.5 Å². The number of carbonyl (C=O) groups is 1. The summed E-state index contributed by atoms with van der Waals surface area (Å²) < 4.78 is 5.01. The van der Waals surface area contributed by atoms with Crippen LogP contribution in [0.1, 0.15) is 20.3 Å². The average Bonchev–Trinajstić information content (AvgIpc) is 2.31. The lowest BCUT2D eigenvalue weighted by Crippen LogP contribution is -2.47. The zero-order chi connectivity index (χ0) is 13.1.